The zero-order chi connectivity index (χ0) is 20.5. The zero-order valence-corrected chi connectivity index (χ0v) is 16.7. The van der Waals surface area contributed by atoms with Crippen molar-refractivity contribution in [2.24, 2.45) is 0 Å². The molecule has 0 aliphatic rings. The number of pyridine rings is 1. The van der Waals surface area contributed by atoms with Crippen LogP contribution in [-0.2, 0) is 0 Å². The number of aromatic nitrogens is 6. The molecule has 4 heterocycles. The number of carbonyl (C=O) groups excluding carboxylic acids is 1. The summed E-state index contributed by atoms with van der Waals surface area (Å²) in [7, 11) is 0. The first kappa shape index (κ1) is 18.1. The Kier molecular flexibility index (Phi) is 4.49. The zero-order valence-electron chi connectivity index (χ0n) is 15.9. The molecule has 0 aliphatic carbocycles. The van der Waals surface area contributed by atoms with E-state index in [1.54, 1.807) is 22.3 Å². The molecule has 0 fully saturated rings. The standard InChI is InChI=1S/C21H15N7OS/c1-13-23-18(12-30-13)21(29)24-16-4-2-3-15(11-16)17-5-6-19-25-26-20(28(19)27-17)14-7-9-22-10-8-14/h2-12H,1H3,(H,24,29). The third kappa shape index (κ3) is 3.42. The average molecular weight is 413 g/mol. The van der Waals surface area contributed by atoms with Gasteiger partial charge in [-0.2, -0.15) is 9.61 Å². The summed E-state index contributed by atoms with van der Waals surface area (Å²) in [6.07, 6.45) is 3.41. The molecular weight excluding hydrogens is 398 g/mol. The van der Waals surface area contributed by atoms with Gasteiger partial charge in [0.25, 0.3) is 5.91 Å². The Bertz CT molecular complexity index is 1360. The number of aryl methyl sites for hydroxylation is 1. The van der Waals surface area contributed by atoms with Crippen LogP contribution in [0.3, 0.4) is 0 Å². The molecule has 1 amide bonds. The van der Waals surface area contributed by atoms with Gasteiger partial charge in [0.1, 0.15) is 5.69 Å². The largest absolute Gasteiger partial charge is 0.321 e. The van der Waals surface area contributed by atoms with Crippen LogP contribution in [0.1, 0.15) is 15.5 Å². The molecule has 0 saturated heterocycles. The van der Waals surface area contributed by atoms with Gasteiger partial charge < -0.3 is 5.32 Å². The van der Waals surface area contributed by atoms with E-state index in [1.807, 2.05) is 55.5 Å². The van der Waals surface area contributed by atoms with Crippen molar-refractivity contribution in [3.8, 4) is 22.6 Å². The maximum absolute atomic E-state index is 12.4. The van der Waals surface area contributed by atoms with Crippen LogP contribution in [0.25, 0.3) is 28.3 Å². The number of amides is 1. The van der Waals surface area contributed by atoms with Crippen molar-refractivity contribution in [1.82, 2.24) is 29.8 Å². The smallest absolute Gasteiger partial charge is 0.275 e. The second-order valence-electron chi connectivity index (χ2n) is 6.53. The summed E-state index contributed by atoms with van der Waals surface area (Å²) in [6, 6.07) is 15.0. The lowest BCUT2D eigenvalue weighted by Gasteiger charge is -2.07. The normalized spacial score (nSPS) is 11.0. The second kappa shape index (κ2) is 7.45. The van der Waals surface area contributed by atoms with Crippen LogP contribution in [0, 0.1) is 6.92 Å². The van der Waals surface area contributed by atoms with Crippen LogP contribution < -0.4 is 5.32 Å². The molecule has 0 bridgehead atoms. The predicted octanol–water partition coefficient (Wildman–Crippen LogP) is 3.87. The highest BCUT2D eigenvalue weighted by Gasteiger charge is 2.13. The lowest BCUT2D eigenvalue weighted by Crippen LogP contribution is -2.12. The van der Waals surface area contributed by atoms with Gasteiger partial charge in [0.05, 0.1) is 10.7 Å². The molecule has 0 saturated carbocycles. The first-order valence-electron chi connectivity index (χ1n) is 9.14. The van der Waals surface area contributed by atoms with E-state index < -0.39 is 0 Å². The van der Waals surface area contributed by atoms with Crippen molar-refractivity contribution in [2.45, 2.75) is 6.92 Å². The van der Waals surface area contributed by atoms with Gasteiger partial charge in [-0.1, -0.05) is 12.1 Å². The van der Waals surface area contributed by atoms with E-state index in [2.05, 4.69) is 25.5 Å². The van der Waals surface area contributed by atoms with Gasteiger partial charge in [-0.25, -0.2) is 4.98 Å². The summed E-state index contributed by atoms with van der Waals surface area (Å²) < 4.78 is 1.70. The summed E-state index contributed by atoms with van der Waals surface area (Å²) in [5.41, 5.74) is 4.20. The van der Waals surface area contributed by atoms with Crippen molar-refractivity contribution in [3.05, 3.63) is 77.0 Å². The van der Waals surface area contributed by atoms with Crippen LogP contribution in [-0.4, -0.2) is 35.7 Å². The van der Waals surface area contributed by atoms with E-state index in [4.69, 9.17) is 5.10 Å². The highest BCUT2D eigenvalue weighted by Crippen LogP contribution is 2.23. The Hall–Kier alpha value is -3.98. The van der Waals surface area contributed by atoms with E-state index in [0.29, 0.717) is 22.9 Å². The maximum Gasteiger partial charge on any atom is 0.275 e. The van der Waals surface area contributed by atoms with Crippen LogP contribution in [0.5, 0.6) is 0 Å². The minimum atomic E-state index is -0.237. The van der Waals surface area contributed by atoms with Crippen molar-refractivity contribution in [3.63, 3.8) is 0 Å². The first-order valence-corrected chi connectivity index (χ1v) is 10.0. The predicted molar refractivity (Wildman–Crippen MR) is 114 cm³/mol. The maximum atomic E-state index is 12.4. The van der Waals surface area contributed by atoms with E-state index in [9.17, 15) is 4.79 Å². The minimum absolute atomic E-state index is 0.237. The van der Waals surface area contributed by atoms with E-state index >= 15 is 0 Å². The molecule has 0 unspecified atom stereocenters. The molecule has 0 aliphatic heterocycles. The van der Waals surface area contributed by atoms with Crippen LogP contribution in [0.15, 0.2) is 66.3 Å². The van der Waals surface area contributed by atoms with Gasteiger partial charge in [-0.15, -0.1) is 21.5 Å². The van der Waals surface area contributed by atoms with Gasteiger partial charge in [0, 0.05) is 34.6 Å². The summed E-state index contributed by atoms with van der Waals surface area (Å²) in [5.74, 6) is 0.399. The molecule has 0 radical (unpaired) electrons. The van der Waals surface area contributed by atoms with Crippen molar-refractivity contribution < 1.29 is 4.79 Å². The number of nitrogens with one attached hydrogen (secondary N) is 1. The average Bonchev–Trinajstić information content (AvgIpc) is 3.40. The van der Waals surface area contributed by atoms with Gasteiger partial charge in [-0.05, 0) is 43.3 Å². The first-order chi connectivity index (χ1) is 14.7. The van der Waals surface area contributed by atoms with E-state index in [-0.39, 0.29) is 5.91 Å². The molecule has 0 spiro atoms. The van der Waals surface area contributed by atoms with Crippen molar-refractivity contribution in [1.29, 1.82) is 0 Å². The number of thiazole rings is 1. The molecule has 5 rings (SSSR count). The third-order valence-corrected chi connectivity index (χ3v) is 5.24. The number of benzene rings is 1. The van der Waals surface area contributed by atoms with Gasteiger partial charge in [0.15, 0.2) is 11.5 Å². The quantitative estimate of drug-likeness (QED) is 0.480. The fourth-order valence-electron chi connectivity index (χ4n) is 3.04. The van der Waals surface area contributed by atoms with Gasteiger partial charge in [-0.3, -0.25) is 9.78 Å². The summed E-state index contributed by atoms with van der Waals surface area (Å²) in [6.45, 7) is 1.87. The molecule has 1 N–H and O–H groups in total. The lowest BCUT2D eigenvalue weighted by atomic mass is 10.1. The third-order valence-electron chi connectivity index (χ3n) is 4.47. The Morgan fingerprint density at radius 3 is 2.70 bits per heavy atom. The monoisotopic (exact) mass is 413 g/mol. The van der Waals surface area contributed by atoms with Gasteiger partial charge in [0.2, 0.25) is 0 Å². The highest BCUT2D eigenvalue weighted by molar-refractivity contribution is 7.09. The number of carbonyl (C=O) groups is 1. The summed E-state index contributed by atoms with van der Waals surface area (Å²) >= 11 is 1.44. The Morgan fingerprint density at radius 2 is 1.90 bits per heavy atom. The number of hydrogen-bond acceptors (Lipinski definition) is 7. The molecule has 0 atom stereocenters. The molecule has 30 heavy (non-hydrogen) atoms. The Labute approximate surface area is 175 Å². The number of hydrogen-bond donors (Lipinski definition) is 1. The highest BCUT2D eigenvalue weighted by atomic mass is 32.1. The van der Waals surface area contributed by atoms with Crippen LogP contribution in [0.4, 0.5) is 5.69 Å². The number of fused-ring (bicyclic) bond motifs is 1. The molecule has 4 aromatic heterocycles. The molecule has 8 nitrogen and oxygen atoms in total. The van der Waals surface area contributed by atoms with E-state index in [0.717, 1.165) is 21.8 Å². The topological polar surface area (TPSA) is 98.0 Å². The molecule has 146 valence electrons. The second-order valence-corrected chi connectivity index (χ2v) is 7.60. The molecule has 1 aromatic carbocycles. The number of rotatable bonds is 4. The SMILES string of the molecule is Cc1nc(C(=O)Nc2cccc(-c3ccc4nnc(-c5ccncc5)n4n3)c2)cs1. The minimum Gasteiger partial charge on any atom is -0.321 e. The Morgan fingerprint density at radius 1 is 1.03 bits per heavy atom. The Balaban J connectivity index is 1.48. The summed E-state index contributed by atoms with van der Waals surface area (Å²) in [5, 5.41) is 18.6. The molecule has 5 aromatic rings. The fraction of sp³-hybridized carbons (Fsp3) is 0.0476. The van der Waals surface area contributed by atoms with Crippen molar-refractivity contribution >= 4 is 28.6 Å². The van der Waals surface area contributed by atoms with E-state index in [1.165, 1.54) is 11.3 Å². The van der Waals surface area contributed by atoms with Crippen LogP contribution >= 0.6 is 11.3 Å². The molecular formula is C21H15N7OS. The lowest BCUT2D eigenvalue weighted by molar-refractivity contribution is 0.102. The number of anilines is 1. The van der Waals surface area contributed by atoms with Crippen molar-refractivity contribution in [2.75, 3.05) is 5.32 Å². The fourth-order valence-corrected chi connectivity index (χ4v) is 3.64. The number of nitrogens with zero attached hydrogens (tertiary/aromatic N) is 6. The van der Waals surface area contributed by atoms with Crippen LogP contribution in [0.2, 0.25) is 0 Å². The van der Waals surface area contributed by atoms with Gasteiger partial charge >= 0.3 is 0 Å². The summed E-state index contributed by atoms with van der Waals surface area (Å²) in [4.78, 5) is 20.7. The molecule has 9 heteroatoms.